The van der Waals surface area contributed by atoms with E-state index in [1.54, 1.807) is 6.07 Å². The molecule has 116 valence electrons. The summed E-state index contributed by atoms with van der Waals surface area (Å²) in [5.74, 6) is 0.390. The van der Waals surface area contributed by atoms with Crippen LogP contribution in [0.1, 0.15) is 30.0 Å². The van der Waals surface area contributed by atoms with Crippen molar-refractivity contribution in [2.45, 2.75) is 31.5 Å². The molecule has 0 amide bonds. The third-order valence-corrected chi connectivity index (χ3v) is 4.23. The number of rotatable bonds is 4. The van der Waals surface area contributed by atoms with Gasteiger partial charge in [0.2, 0.25) is 0 Å². The fraction of sp³-hybridized carbons (Fsp3) is 0.333. The highest BCUT2D eigenvalue weighted by Crippen LogP contribution is 2.26. The molecule has 1 aliphatic heterocycles. The zero-order chi connectivity index (χ0) is 15.4. The van der Waals surface area contributed by atoms with Crippen molar-refractivity contribution in [3.63, 3.8) is 0 Å². The van der Waals surface area contributed by atoms with E-state index in [0.717, 1.165) is 24.9 Å². The third kappa shape index (κ3) is 3.40. The molecule has 2 aromatic carbocycles. The Labute approximate surface area is 130 Å². The van der Waals surface area contributed by atoms with Crippen molar-refractivity contribution in [1.82, 2.24) is 10.6 Å². The Morgan fingerprint density at radius 2 is 1.91 bits per heavy atom. The second kappa shape index (κ2) is 6.81. The minimum atomic E-state index is 0.177. The summed E-state index contributed by atoms with van der Waals surface area (Å²) < 4.78 is 0. The first-order chi connectivity index (χ1) is 10.7. The lowest BCUT2D eigenvalue weighted by molar-refractivity contribution is 0.303. The van der Waals surface area contributed by atoms with E-state index in [1.807, 2.05) is 6.07 Å². The Balaban J connectivity index is 1.71. The van der Waals surface area contributed by atoms with E-state index >= 15 is 0 Å². The van der Waals surface area contributed by atoms with Crippen molar-refractivity contribution in [2.75, 3.05) is 6.54 Å². The van der Waals surface area contributed by atoms with Gasteiger partial charge in [-0.25, -0.2) is 0 Å². The van der Waals surface area contributed by atoms with E-state index in [0.29, 0.717) is 12.6 Å². The summed E-state index contributed by atoms with van der Waals surface area (Å²) in [6.07, 6.45) is 2.22. The van der Waals surface area contributed by atoms with E-state index in [-0.39, 0.29) is 17.5 Å². The lowest BCUT2D eigenvalue weighted by Gasteiger charge is -2.34. The lowest BCUT2D eigenvalue weighted by Crippen LogP contribution is -2.45. The molecule has 4 heteroatoms. The highest BCUT2D eigenvalue weighted by molar-refractivity contribution is 5.38. The normalized spacial score (nSPS) is 21.6. The number of benzene rings is 2. The fourth-order valence-corrected chi connectivity index (χ4v) is 3.07. The van der Waals surface area contributed by atoms with Crippen molar-refractivity contribution in [2.24, 2.45) is 0 Å². The Bertz CT molecular complexity index is 616. The summed E-state index contributed by atoms with van der Waals surface area (Å²) >= 11 is 0. The number of hydrogen-bond acceptors (Lipinski definition) is 4. The van der Waals surface area contributed by atoms with Crippen LogP contribution in [-0.2, 0) is 6.54 Å². The molecule has 4 nitrogen and oxygen atoms in total. The number of nitrogens with one attached hydrogen (secondary N) is 2. The Morgan fingerprint density at radius 3 is 2.73 bits per heavy atom. The van der Waals surface area contributed by atoms with Crippen LogP contribution in [0.25, 0.3) is 0 Å². The molecule has 0 aromatic heterocycles. The van der Waals surface area contributed by atoms with Gasteiger partial charge >= 0.3 is 0 Å². The van der Waals surface area contributed by atoms with Crippen LogP contribution < -0.4 is 10.6 Å². The molecule has 1 fully saturated rings. The molecule has 2 aromatic rings. The maximum Gasteiger partial charge on any atom is 0.120 e. The first-order valence-electron chi connectivity index (χ1n) is 7.76. The van der Waals surface area contributed by atoms with Crippen LogP contribution >= 0.6 is 0 Å². The number of hydrogen-bond donors (Lipinski definition) is 4. The van der Waals surface area contributed by atoms with Crippen molar-refractivity contribution in [3.8, 4) is 11.5 Å². The van der Waals surface area contributed by atoms with Crippen LogP contribution in [0.15, 0.2) is 48.5 Å². The number of phenols is 2. The van der Waals surface area contributed by atoms with Gasteiger partial charge in [0.15, 0.2) is 0 Å². The Morgan fingerprint density at radius 1 is 1.09 bits per heavy atom. The standard InChI is InChI=1S/C18H22N2O2/c21-15-8-9-17(22)14(11-15)12-20-16-7-4-10-19-18(16)13-5-2-1-3-6-13/h1-3,5-6,8-9,11,16,18-22H,4,7,10,12H2/t16-,18-/m0/s1. The summed E-state index contributed by atoms with van der Waals surface area (Å²) in [7, 11) is 0. The molecule has 0 unspecified atom stereocenters. The van der Waals surface area contributed by atoms with Gasteiger partial charge in [0.05, 0.1) is 0 Å². The van der Waals surface area contributed by atoms with E-state index in [2.05, 4.69) is 34.9 Å². The van der Waals surface area contributed by atoms with Crippen molar-refractivity contribution >= 4 is 0 Å². The van der Waals surface area contributed by atoms with Crippen LogP contribution in [0, 0.1) is 0 Å². The molecule has 0 aliphatic carbocycles. The first kappa shape index (κ1) is 14.9. The summed E-state index contributed by atoms with van der Waals surface area (Å²) in [6.45, 7) is 1.56. The molecule has 1 saturated heterocycles. The van der Waals surface area contributed by atoms with Crippen LogP contribution in [0.4, 0.5) is 0 Å². The molecular formula is C18H22N2O2. The van der Waals surface area contributed by atoms with Gasteiger partial charge in [-0.15, -0.1) is 0 Å². The molecule has 1 aliphatic rings. The van der Waals surface area contributed by atoms with Gasteiger partial charge in [0.1, 0.15) is 11.5 Å². The number of phenolic OH excluding ortho intramolecular Hbond substituents is 2. The minimum Gasteiger partial charge on any atom is -0.508 e. The van der Waals surface area contributed by atoms with Crippen LogP contribution in [0.3, 0.4) is 0 Å². The van der Waals surface area contributed by atoms with E-state index in [9.17, 15) is 10.2 Å². The predicted octanol–water partition coefficient (Wildman–Crippen LogP) is 2.68. The molecule has 0 bridgehead atoms. The molecule has 0 spiro atoms. The van der Waals surface area contributed by atoms with Gasteiger partial charge in [-0.05, 0) is 43.1 Å². The van der Waals surface area contributed by atoms with Crippen molar-refractivity contribution in [1.29, 1.82) is 0 Å². The van der Waals surface area contributed by atoms with Crippen LogP contribution in [0.2, 0.25) is 0 Å². The van der Waals surface area contributed by atoms with E-state index in [4.69, 9.17) is 0 Å². The topological polar surface area (TPSA) is 64.5 Å². The zero-order valence-corrected chi connectivity index (χ0v) is 12.5. The van der Waals surface area contributed by atoms with Gasteiger partial charge in [-0.2, -0.15) is 0 Å². The molecule has 4 N–H and O–H groups in total. The summed E-state index contributed by atoms with van der Waals surface area (Å²) in [5, 5.41) is 26.5. The minimum absolute atomic E-state index is 0.177. The van der Waals surface area contributed by atoms with E-state index < -0.39 is 0 Å². The average Bonchev–Trinajstić information content (AvgIpc) is 2.57. The largest absolute Gasteiger partial charge is 0.508 e. The molecule has 1 heterocycles. The van der Waals surface area contributed by atoms with Gasteiger partial charge in [-0.1, -0.05) is 30.3 Å². The average molecular weight is 298 g/mol. The Hall–Kier alpha value is -2.04. The number of piperidine rings is 1. The maximum atomic E-state index is 9.88. The fourth-order valence-electron chi connectivity index (χ4n) is 3.07. The molecule has 2 atom stereocenters. The summed E-state index contributed by atoms with van der Waals surface area (Å²) in [6, 6.07) is 15.6. The molecule has 0 radical (unpaired) electrons. The highest BCUT2D eigenvalue weighted by atomic mass is 16.3. The summed E-state index contributed by atoms with van der Waals surface area (Å²) in [5.41, 5.74) is 2.00. The third-order valence-electron chi connectivity index (χ3n) is 4.23. The van der Waals surface area contributed by atoms with Gasteiger partial charge < -0.3 is 20.8 Å². The Kier molecular flexibility index (Phi) is 4.61. The van der Waals surface area contributed by atoms with Gasteiger partial charge in [0, 0.05) is 24.2 Å². The smallest absolute Gasteiger partial charge is 0.120 e. The van der Waals surface area contributed by atoms with E-state index in [1.165, 1.54) is 17.7 Å². The second-order valence-corrected chi connectivity index (χ2v) is 5.79. The molecule has 3 rings (SSSR count). The predicted molar refractivity (Wildman–Crippen MR) is 86.8 cm³/mol. The molecular weight excluding hydrogens is 276 g/mol. The van der Waals surface area contributed by atoms with Gasteiger partial charge in [-0.3, -0.25) is 0 Å². The maximum absolute atomic E-state index is 9.88. The zero-order valence-electron chi connectivity index (χ0n) is 12.5. The SMILES string of the molecule is Oc1ccc(O)c(CN[C@H]2CCCN[C@H]2c2ccccc2)c1. The lowest BCUT2D eigenvalue weighted by atomic mass is 9.92. The van der Waals surface area contributed by atoms with Gasteiger partial charge in [0.25, 0.3) is 0 Å². The van der Waals surface area contributed by atoms with Crippen molar-refractivity contribution in [3.05, 3.63) is 59.7 Å². The van der Waals surface area contributed by atoms with Crippen LogP contribution in [0.5, 0.6) is 11.5 Å². The van der Waals surface area contributed by atoms with Crippen molar-refractivity contribution < 1.29 is 10.2 Å². The molecule has 22 heavy (non-hydrogen) atoms. The highest BCUT2D eigenvalue weighted by Gasteiger charge is 2.25. The summed E-state index contributed by atoms with van der Waals surface area (Å²) in [4.78, 5) is 0. The quantitative estimate of drug-likeness (QED) is 0.655. The monoisotopic (exact) mass is 298 g/mol. The first-order valence-corrected chi connectivity index (χ1v) is 7.76. The number of aromatic hydroxyl groups is 2. The molecule has 0 saturated carbocycles. The van der Waals surface area contributed by atoms with Crippen LogP contribution in [-0.4, -0.2) is 22.8 Å². The second-order valence-electron chi connectivity index (χ2n) is 5.79.